The number of hydrogen-bond donors (Lipinski definition) is 1. The van der Waals surface area contributed by atoms with Gasteiger partial charge in [-0.15, -0.1) is 52.6 Å². The molecule has 0 N–H and O–H groups in total. The zero-order valence-electron chi connectivity index (χ0n) is 29.2. The number of hydrogen-bond acceptors (Lipinski definition) is 2. The molecule has 0 aliphatic heterocycles. The van der Waals surface area contributed by atoms with Gasteiger partial charge in [-0.2, -0.15) is 12.6 Å². The van der Waals surface area contributed by atoms with Crippen LogP contribution < -0.4 is 0 Å². The maximum absolute atomic E-state index is 8.00. The minimum atomic E-state index is 0. The van der Waals surface area contributed by atoms with Crippen LogP contribution in [-0.2, 0) is 4.79 Å². The Hall–Kier alpha value is -1.02. The molecule has 3 atom stereocenters. The first-order valence-electron chi connectivity index (χ1n) is 13.9. The minimum Gasteiger partial charge on any atom is -0.307 e. The Labute approximate surface area is 244 Å². The highest BCUT2D eigenvalue weighted by Crippen LogP contribution is 2.43. The third kappa shape index (κ3) is 150. The first kappa shape index (κ1) is 91.8. The van der Waals surface area contributed by atoms with Crippen molar-refractivity contribution in [1.29, 1.82) is 0 Å². The molecule has 36 heavy (non-hydrogen) atoms. The quantitative estimate of drug-likeness (QED) is 0.257. The Kier molecular flexibility index (Phi) is 656. The smallest absolute Gasteiger partial charge is 0.106 e. The van der Waals surface area contributed by atoms with Gasteiger partial charge in [-0.1, -0.05) is 132 Å². The van der Waals surface area contributed by atoms with E-state index in [1.807, 2.05) is 104 Å². The van der Waals surface area contributed by atoms with E-state index in [4.69, 9.17) is 4.79 Å². The predicted octanol–water partition coefficient (Wildman–Crippen LogP) is 14.3. The minimum absolute atomic E-state index is 0. The monoisotopic (exact) mass is 543 g/mol. The number of carbonyl (C=O) groups is 1. The molecule has 0 heterocycles. The molecule has 0 spiro atoms. The van der Waals surface area contributed by atoms with Crippen LogP contribution in [0, 0.1) is 23.7 Å². The fourth-order valence-electron chi connectivity index (χ4n) is 1.96. The summed E-state index contributed by atoms with van der Waals surface area (Å²) in [5, 5.41) is 0. The summed E-state index contributed by atoms with van der Waals surface area (Å²) in [6.07, 6.45) is 3.17. The summed E-state index contributed by atoms with van der Waals surface area (Å²) in [6.45, 7) is 63.4. The van der Waals surface area contributed by atoms with Gasteiger partial charge >= 0.3 is 0 Å². The van der Waals surface area contributed by atoms with Crippen molar-refractivity contribution in [2.45, 2.75) is 138 Å². The molecule has 1 aliphatic rings. The van der Waals surface area contributed by atoms with E-state index in [0.29, 0.717) is 0 Å². The zero-order chi connectivity index (χ0) is 33.0. The van der Waals surface area contributed by atoms with Gasteiger partial charge in [-0.05, 0) is 36.3 Å². The fraction of sp³-hybridized carbons (Fsp3) is 0.735. The molecular formula is C34H86OS. The Morgan fingerprint density at radius 1 is 0.528 bits per heavy atom. The molecule has 0 saturated heterocycles. The van der Waals surface area contributed by atoms with E-state index in [0.717, 1.165) is 23.7 Å². The van der Waals surface area contributed by atoms with Gasteiger partial charge in [0.2, 0.25) is 0 Å². The molecule has 234 valence electrons. The van der Waals surface area contributed by atoms with Crippen molar-refractivity contribution in [3.05, 3.63) is 52.6 Å². The lowest BCUT2D eigenvalue weighted by Gasteiger charge is -2.43. The molecule has 0 aromatic carbocycles. The maximum Gasteiger partial charge on any atom is 0.106 e. The Balaban J connectivity index is -0.0000000131. The van der Waals surface area contributed by atoms with Crippen LogP contribution in [0.25, 0.3) is 0 Å². The van der Waals surface area contributed by atoms with Crippen LogP contribution in [0.15, 0.2) is 52.6 Å². The number of rotatable bonds is 1. The molecule has 1 nitrogen and oxygen atoms in total. The van der Waals surface area contributed by atoms with Gasteiger partial charge in [0.1, 0.15) is 6.79 Å². The van der Waals surface area contributed by atoms with Gasteiger partial charge in [0.15, 0.2) is 0 Å². The van der Waals surface area contributed by atoms with Crippen LogP contribution in [0.5, 0.6) is 0 Å². The molecule has 1 fully saturated rings. The summed E-state index contributed by atoms with van der Waals surface area (Å²) >= 11 is 3.53. The van der Waals surface area contributed by atoms with Crippen molar-refractivity contribution >= 4 is 19.4 Å². The second kappa shape index (κ2) is 258. The van der Waals surface area contributed by atoms with Gasteiger partial charge < -0.3 is 4.79 Å². The lowest BCUT2D eigenvalue weighted by Crippen LogP contribution is -2.35. The maximum atomic E-state index is 8.00. The third-order valence-electron chi connectivity index (χ3n) is 3.07. The summed E-state index contributed by atoms with van der Waals surface area (Å²) in [6, 6.07) is 0. The van der Waals surface area contributed by atoms with Gasteiger partial charge in [0, 0.05) is 0 Å². The van der Waals surface area contributed by atoms with Crippen molar-refractivity contribution < 1.29 is 4.79 Å². The van der Waals surface area contributed by atoms with E-state index >= 15 is 0 Å². The van der Waals surface area contributed by atoms with Crippen molar-refractivity contribution in [3.63, 3.8) is 0 Å². The fourth-order valence-corrected chi connectivity index (χ4v) is 1.96. The van der Waals surface area contributed by atoms with Crippen molar-refractivity contribution in [3.8, 4) is 0 Å². The number of carbonyl (C=O) groups excluding carboxylic acids is 1. The summed E-state index contributed by atoms with van der Waals surface area (Å²) in [5.41, 5.74) is 0. The van der Waals surface area contributed by atoms with Gasteiger partial charge in [0.05, 0.1) is 0 Å². The summed E-state index contributed by atoms with van der Waals surface area (Å²) in [7, 11) is 0. The standard InChI is InChI=1S/C9H18.7C2H6.4C2H4.CH2O.CH4S.CH4/c1-6(2)9-5-7(3)8(9)4;13*1-2;/h6-9H,5H2,1-4H3;7*1-2H3;4*1-2H2;1H2;2H,1H3;1H4. The predicted molar refractivity (Wildman–Crippen MR) is 194 cm³/mol. The molecule has 0 amide bonds. The molecule has 1 saturated carbocycles. The highest BCUT2D eigenvalue weighted by atomic mass is 32.1. The molecule has 0 aromatic heterocycles. The van der Waals surface area contributed by atoms with Crippen LogP contribution >= 0.6 is 12.6 Å². The lowest BCUT2D eigenvalue weighted by molar-refractivity contribution is -0.0980. The molecule has 3 unspecified atom stereocenters. The topological polar surface area (TPSA) is 17.1 Å². The van der Waals surface area contributed by atoms with Crippen LogP contribution in [0.1, 0.15) is 138 Å². The molecule has 0 radical (unpaired) electrons. The average Bonchev–Trinajstić information content (AvgIpc) is 3.04. The summed E-state index contributed by atoms with van der Waals surface area (Å²) in [5.74, 6) is 3.93. The zero-order valence-corrected chi connectivity index (χ0v) is 30.1. The Bertz CT molecular complexity index is 150. The van der Waals surface area contributed by atoms with Crippen molar-refractivity contribution in [2.24, 2.45) is 23.7 Å². The van der Waals surface area contributed by atoms with E-state index in [9.17, 15) is 0 Å². The molecule has 1 rings (SSSR count). The highest BCUT2D eigenvalue weighted by molar-refractivity contribution is 7.79. The highest BCUT2D eigenvalue weighted by Gasteiger charge is 2.35. The van der Waals surface area contributed by atoms with Crippen LogP contribution in [0.4, 0.5) is 0 Å². The van der Waals surface area contributed by atoms with Crippen LogP contribution in [0.2, 0.25) is 0 Å². The van der Waals surface area contributed by atoms with Crippen LogP contribution in [0.3, 0.4) is 0 Å². The van der Waals surface area contributed by atoms with Crippen LogP contribution in [-0.4, -0.2) is 13.0 Å². The molecule has 0 aromatic rings. The molecule has 0 bridgehead atoms. The van der Waals surface area contributed by atoms with E-state index in [2.05, 4.69) is 93.0 Å². The molecule has 2 heteroatoms. The SMILES string of the molecule is C.C=C.C=C.C=C.C=C.C=O.CC.CC.CC.CC.CC.CC.CC.CC(C)C1CC(C)C1C.CS. The second-order valence-electron chi connectivity index (χ2n) is 3.98. The Morgan fingerprint density at radius 2 is 0.667 bits per heavy atom. The van der Waals surface area contributed by atoms with E-state index in [1.54, 1.807) is 6.26 Å². The normalized spacial score (nSPS) is 12.6. The summed E-state index contributed by atoms with van der Waals surface area (Å²) in [4.78, 5) is 8.00. The van der Waals surface area contributed by atoms with E-state index < -0.39 is 0 Å². The van der Waals surface area contributed by atoms with Gasteiger partial charge in [-0.25, -0.2) is 0 Å². The molecular weight excluding hydrogens is 456 g/mol. The van der Waals surface area contributed by atoms with Gasteiger partial charge in [0.25, 0.3) is 0 Å². The summed E-state index contributed by atoms with van der Waals surface area (Å²) < 4.78 is 0. The Morgan fingerprint density at radius 3 is 0.694 bits per heavy atom. The average molecular weight is 543 g/mol. The first-order chi connectivity index (χ1) is 17.1. The molecule has 1 aliphatic carbocycles. The van der Waals surface area contributed by atoms with E-state index in [-0.39, 0.29) is 7.43 Å². The second-order valence-corrected chi connectivity index (χ2v) is 3.98. The number of thiol groups is 1. The third-order valence-corrected chi connectivity index (χ3v) is 3.07. The van der Waals surface area contributed by atoms with Crippen molar-refractivity contribution in [2.75, 3.05) is 6.26 Å². The largest absolute Gasteiger partial charge is 0.307 e. The van der Waals surface area contributed by atoms with Crippen molar-refractivity contribution in [1.82, 2.24) is 0 Å². The van der Waals surface area contributed by atoms with Gasteiger partial charge in [-0.3, -0.25) is 0 Å². The van der Waals surface area contributed by atoms with E-state index in [1.165, 1.54) is 6.42 Å². The lowest BCUT2D eigenvalue weighted by atomic mass is 9.62. The first-order valence-corrected chi connectivity index (χ1v) is 14.8.